The van der Waals surface area contributed by atoms with Gasteiger partial charge in [0, 0.05) is 12.1 Å². The van der Waals surface area contributed by atoms with Crippen LogP contribution in [0.3, 0.4) is 0 Å². The second kappa shape index (κ2) is 11.2. The monoisotopic (exact) mass is 483 g/mol. The summed E-state index contributed by atoms with van der Waals surface area (Å²) in [5.41, 5.74) is 1.36. The molecule has 34 heavy (non-hydrogen) atoms. The number of fused-ring (bicyclic) bond motifs is 1. The van der Waals surface area contributed by atoms with E-state index in [2.05, 4.69) is 10.3 Å². The summed E-state index contributed by atoms with van der Waals surface area (Å²) >= 11 is 1.19. The maximum Gasteiger partial charge on any atom is 0.337 e. The van der Waals surface area contributed by atoms with Gasteiger partial charge >= 0.3 is 5.97 Å². The molecule has 2 aromatic carbocycles. The fraction of sp³-hybridized carbons (Fsp3) is 0.360. The van der Waals surface area contributed by atoms with E-state index in [1.807, 2.05) is 45.0 Å². The molecule has 0 saturated carbocycles. The number of ether oxygens (including phenoxy) is 2. The summed E-state index contributed by atoms with van der Waals surface area (Å²) < 4.78 is 11.7. The van der Waals surface area contributed by atoms with E-state index in [0.717, 1.165) is 5.56 Å². The van der Waals surface area contributed by atoms with Gasteiger partial charge < -0.3 is 14.8 Å². The van der Waals surface area contributed by atoms with Gasteiger partial charge in [0.25, 0.3) is 5.56 Å². The van der Waals surface area contributed by atoms with E-state index in [1.54, 1.807) is 23.8 Å². The Morgan fingerprint density at radius 1 is 1.12 bits per heavy atom. The molecule has 0 bridgehead atoms. The molecule has 1 heterocycles. The normalized spacial score (nSPS) is 11.9. The first-order chi connectivity index (χ1) is 16.2. The minimum atomic E-state index is -0.506. The van der Waals surface area contributed by atoms with Gasteiger partial charge in [0.2, 0.25) is 5.91 Å². The number of methoxy groups -OCH3 is 2. The zero-order valence-corrected chi connectivity index (χ0v) is 20.8. The minimum absolute atomic E-state index is 0.0756. The zero-order valence-electron chi connectivity index (χ0n) is 20.0. The van der Waals surface area contributed by atoms with Crippen LogP contribution < -0.4 is 15.6 Å². The number of thioether (sulfide) groups is 1. The van der Waals surface area contributed by atoms with E-state index in [0.29, 0.717) is 33.9 Å². The number of nitrogens with zero attached hydrogens (tertiary/aromatic N) is 2. The van der Waals surface area contributed by atoms with Crippen molar-refractivity contribution < 1.29 is 19.1 Å². The first kappa shape index (κ1) is 25.3. The van der Waals surface area contributed by atoms with E-state index in [9.17, 15) is 14.4 Å². The standard InChI is InChI=1S/C25H29N3O5S/c1-15(2)13-28-23(30)19-11-10-17(24(31)33-5)12-20(19)27-25(28)34-14-22(29)26-16(3)18-8-6-7-9-21(18)32-4/h6-12,15-16H,13-14H2,1-5H3,(H,26,29)/t16-/m0/s1. The van der Waals surface area contributed by atoms with E-state index in [-0.39, 0.29) is 29.2 Å². The van der Waals surface area contributed by atoms with Gasteiger partial charge in [-0.25, -0.2) is 9.78 Å². The van der Waals surface area contributed by atoms with Gasteiger partial charge in [-0.05, 0) is 37.1 Å². The van der Waals surface area contributed by atoms with Crippen LogP contribution in [-0.4, -0.2) is 41.4 Å². The number of carbonyl (C=O) groups is 2. The van der Waals surface area contributed by atoms with Crippen LogP contribution in [0.2, 0.25) is 0 Å². The van der Waals surface area contributed by atoms with Crippen molar-refractivity contribution in [1.29, 1.82) is 0 Å². The van der Waals surface area contributed by atoms with Crippen LogP contribution in [0.25, 0.3) is 10.9 Å². The molecular formula is C25H29N3O5S. The van der Waals surface area contributed by atoms with Gasteiger partial charge in [0.1, 0.15) is 5.75 Å². The molecule has 0 saturated heterocycles. The predicted molar refractivity (Wildman–Crippen MR) is 132 cm³/mol. The van der Waals surface area contributed by atoms with E-state index in [4.69, 9.17) is 9.47 Å². The summed E-state index contributed by atoms with van der Waals surface area (Å²) in [7, 11) is 2.89. The predicted octanol–water partition coefficient (Wildman–Crippen LogP) is 3.82. The number of rotatable bonds is 9. The first-order valence-corrected chi connectivity index (χ1v) is 11.9. The van der Waals surface area contributed by atoms with Crippen LogP contribution in [0, 0.1) is 5.92 Å². The summed E-state index contributed by atoms with van der Waals surface area (Å²) in [5, 5.41) is 3.80. The van der Waals surface area contributed by atoms with Gasteiger partial charge in [-0.3, -0.25) is 14.2 Å². The highest BCUT2D eigenvalue weighted by Crippen LogP contribution is 2.25. The largest absolute Gasteiger partial charge is 0.496 e. The highest BCUT2D eigenvalue weighted by Gasteiger charge is 2.18. The van der Waals surface area contributed by atoms with Crippen LogP contribution >= 0.6 is 11.8 Å². The Morgan fingerprint density at radius 2 is 1.85 bits per heavy atom. The van der Waals surface area contributed by atoms with Gasteiger partial charge in [-0.15, -0.1) is 0 Å². The summed E-state index contributed by atoms with van der Waals surface area (Å²) in [6.45, 7) is 6.36. The SMILES string of the molecule is COC(=O)c1ccc2c(=O)n(CC(C)C)c(SCC(=O)N[C@@H](C)c3ccccc3OC)nc2c1. The lowest BCUT2D eigenvalue weighted by Crippen LogP contribution is -2.29. The van der Waals surface area contributed by atoms with Crippen LogP contribution in [-0.2, 0) is 16.1 Å². The average molecular weight is 484 g/mol. The molecule has 1 atom stereocenters. The van der Waals surface area contributed by atoms with Crippen LogP contribution in [0.1, 0.15) is 42.7 Å². The molecule has 0 unspecified atom stereocenters. The van der Waals surface area contributed by atoms with Crippen molar-refractivity contribution >= 4 is 34.5 Å². The summed E-state index contributed by atoms with van der Waals surface area (Å²) in [6.07, 6.45) is 0. The third-order valence-electron chi connectivity index (χ3n) is 5.20. The average Bonchev–Trinajstić information content (AvgIpc) is 2.83. The molecule has 0 aliphatic carbocycles. The molecule has 1 amide bonds. The highest BCUT2D eigenvalue weighted by molar-refractivity contribution is 7.99. The third kappa shape index (κ3) is 5.77. The Hall–Kier alpha value is -3.33. The molecule has 9 heteroatoms. The van der Waals surface area contributed by atoms with Crippen LogP contribution in [0.15, 0.2) is 52.4 Å². The number of para-hydroxylation sites is 1. The van der Waals surface area contributed by atoms with E-state index < -0.39 is 5.97 Å². The molecule has 1 N–H and O–H groups in total. The summed E-state index contributed by atoms with van der Waals surface area (Å²) in [5.74, 6) is 0.272. The minimum Gasteiger partial charge on any atom is -0.496 e. The number of benzene rings is 2. The Kier molecular flexibility index (Phi) is 8.33. The van der Waals surface area contributed by atoms with Crippen molar-refractivity contribution in [3.05, 3.63) is 63.9 Å². The summed E-state index contributed by atoms with van der Waals surface area (Å²) in [6, 6.07) is 11.9. The zero-order chi connectivity index (χ0) is 24.8. The molecule has 1 aromatic heterocycles. The molecule has 8 nitrogen and oxygen atoms in total. The van der Waals surface area contributed by atoms with E-state index in [1.165, 1.54) is 24.9 Å². The molecule has 0 aliphatic rings. The van der Waals surface area contributed by atoms with Crippen molar-refractivity contribution in [3.8, 4) is 5.75 Å². The fourth-order valence-electron chi connectivity index (χ4n) is 3.60. The topological polar surface area (TPSA) is 99.5 Å². The van der Waals surface area contributed by atoms with Gasteiger partial charge in [-0.2, -0.15) is 0 Å². The molecule has 3 rings (SSSR count). The van der Waals surface area contributed by atoms with E-state index >= 15 is 0 Å². The molecule has 0 aliphatic heterocycles. The molecule has 3 aromatic rings. The lowest BCUT2D eigenvalue weighted by atomic mass is 10.1. The maximum atomic E-state index is 13.2. The molecule has 180 valence electrons. The Labute approximate surface area is 202 Å². The lowest BCUT2D eigenvalue weighted by Gasteiger charge is -2.18. The van der Waals surface area contributed by atoms with Crippen molar-refractivity contribution in [1.82, 2.24) is 14.9 Å². The van der Waals surface area contributed by atoms with Gasteiger partial charge in [0.05, 0.1) is 42.5 Å². The third-order valence-corrected chi connectivity index (χ3v) is 6.18. The van der Waals surface area contributed by atoms with Gasteiger partial charge in [0.15, 0.2) is 5.16 Å². The number of carbonyl (C=O) groups excluding carboxylic acids is 2. The van der Waals surface area contributed by atoms with Crippen molar-refractivity contribution in [3.63, 3.8) is 0 Å². The fourth-order valence-corrected chi connectivity index (χ4v) is 4.42. The number of hydrogen-bond donors (Lipinski definition) is 1. The molecular weight excluding hydrogens is 454 g/mol. The molecule has 0 fully saturated rings. The van der Waals surface area contributed by atoms with Crippen molar-refractivity contribution in [2.75, 3.05) is 20.0 Å². The Bertz CT molecular complexity index is 1260. The van der Waals surface area contributed by atoms with Crippen LogP contribution in [0.4, 0.5) is 0 Å². The van der Waals surface area contributed by atoms with Crippen molar-refractivity contribution in [2.24, 2.45) is 5.92 Å². The smallest absolute Gasteiger partial charge is 0.337 e. The number of nitrogens with one attached hydrogen (secondary N) is 1. The second-order valence-electron chi connectivity index (χ2n) is 8.25. The molecule has 0 spiro atoms. The number of amides is 1. The van der Waals surface area contributed by atoms with Gasteiger partial charge in [-0.1, -0.05) is 43.8 Å². The number of aromatic nitrogens is 2. The number of esters is 1. The second-order valence-corrected chi connectivity index (χ2v) is 9.19. The first-order valence-electron chi connectivity index (χ1n) is 10.9. The highest BCUT2D eigenvalue weighted by atomic mass is 32.2. The molecule has 0 radical (unpaired) electrons. The quantitative estimate of drug-likeness (QED) is 0.281. The lowest BCUT2D eigenvalue weighted by molar-refractivity contribution is -0.119. The summed E-state index contributed by atoms with van der Waals surface area (Å²) in [4.78, 5) is 42.4. The van der Waals surface area contributed by atoms with Crippen molar-refractivity contribution in [2.45, 2.75) is 38.5 Å². The Balaban J connectivity index is 1.86. The Morgan fingerprint density at radius 3 is 2.53 bits per heavy atom. The number of hydrogen-bond acceptors (Lipinski definition) is 7. The van der Waals surface area contributed by atoms with Crippen LogP contribution in [0.5, 0.6) is 5.75 Å². The maximum absolute atomic E-state index is 13.2.